The molecule has 0 N–H and O–H groups in total. The van der Waals surface area contributed by atoms with Crippen LogP contribution in [-0.4, -0.2) is 66.4 Å². The highest BCUT2D eigenvalue weighted by Crippen LogP contribution is 2.43. The Kier molecular flexibility index (Phi) is 3.91. The van der Waals surface area contributed by atoms with Gasteiger partial charge in [0.25, 0.3) is 0 Å². The van der Waals surface area contributed by atoms with Crippen LogP contribution in [0.2, 0.25) is 0 Å². The SMILES string of the molecule is CC(C)OC[C@]12CCCN1[C@@H](CN1CCOC1=O)CC2. The first-order valence-corrected chi connectivity index (χ1v) is 7.91. The van der Waals surface area contributed by atoms with Gasteiger partial charge in [0.2, 0.25) is 0 Å². The molecule has 0 aliphatic carbocycles. The molecule has 3 aliphatic rings. The van der Waals surface area contributed by atoms with E-state index in [0.29, 0.717) is 18.8 Å². The number of cyclic esters (lactones) is 1. The Hall–Kier alpha value is -0.810. The number of nitrogens with zero attached hydrogens (tertiary/aromatic N) is 2. The largest absolute Gasteiger partial charge is 0.448 e. The van der Waals surface area contributed by atoms with Crippen molar-refractivity contribution in [3.05, 3.63) is 0 Å². The Bertz CT molecular complexity index is 374. The molecule has 5 heteroatoms. The zero-order chi connectivity index (χ0) is 14.2. The molecule has 3 fully saturated rings. The normalized spacial score (nSPS) is 34.0. The van der Waals surface area contributed by atoms with Gasteiger partial charge in [-0.05, 0) is 46.1 Å². The summed E-state index contributed by atoms with van der Waals surface area (Å²) in [6.07, 6.45) is 5.02. The number of hydrogen-bond acceptors (Lipinski definition) is 4. The number of rotatable bonds is 5. The molecule has 0 spiro atoms. The monoisotopic (exact) mass is 282 g/mol. The van der Waals surface area contributed by atoms with Gasteiger partial charge in [-0.15, -0.1) is 0 Å². The number of ether oxygens (including phenoxy) is 2. The molecule has 3 heterocycles. The summed E-state index contributed by atoms with van der Waals surface area (Å²) in [5.74, 6) is 0. The van der Waals surface area contributed by atoms with Crippen molar-refractivity contribution in [2.75, 3.05) is 32.8 Å². The van der Waals surface area contributed by atoms with E-state index in [0.717, 1.165) is 26.2 Å². The molecule has 0 unspecified atom stereocenters. The Morgan fingerprint density at radius 1 is 1.40 bits per heavy atom. The molecule has 0 saturated carbocycles. The van der Waals surface area contributed by atoms with Crippen LogP contribution in [0.5, 0.6) is 0 Å². The van der Waals surface area contributed by atoms with Crippen LogP contribution >= 0.6 is 0 Å². The quantitative estimate of drug-likeness (QED) is 0.772. The fraction of sp³-hybridized carbons (Fsp3) is 0.933. The zero-order valence-electron chi connectivity index (χ0n) is 12.6. The minimum atomic E-state index is -0.139. The third-order valence-electron chi connectivity index (χ3n) is 5.00. The summed E-state index contributed by atoms with van der Waals surface area (Å²) in [6.45, 7) is 8.31. The second-order valence-corrected chi connectivity index (χ2v) is 6.63. The van der Waals surface area contributed by atoms with Crippen molar-refractivity contribution in [3.8, 4) is 0 Å². The van der Waals surface area contributed by atoms with Crippen molar-refractivity contribution < 1.29 is 14.3 Å². The number of carbonyl (C=O) groups excluding carboxylic acids is 1. The summed E-state index contributed by atoms with van der Waals surface area (Å²) in [6, 6.07) is 0.485. The molecule has 3 aliphatic heterocycles. The maximum Gasteiger partial charge on any atom is 0.409 e. The van der Waals surface area contributed by atoms with Gasteiger partial charge in [-0.1, -0.05) is 0 Å². The van der Waals surface area contributed by atoms with E-state index in [1.54, 1.807) is 0 Å². The highest BCUT2D eigenvalue weighted by molar-refractivity contribution is 5.69. The summed E-state index contributed by atoms with van der Waals surface area (Å²) in [5.41, 5.74) is 0.235. The van der Waals surface area contributed by atoms with Crippen LogP contribution in [0, 0.1) is 0 Å². The van der Waals surface area contributed by atoms with E-state index < -0.39 is 0 Å². The molecule has 5 nitrogen and oxygen atoms in total. The number of amides is 1. The molecule has 0 aromatic carbocycles. The summed E-state index contributed by atoms with van der Waals surface area (Å²) >= 11 is 0. The molecular weight excluding hydrogens is 256 g/mol. The van der Waals surface area contributed by atoms with Crippen molar-refractivity contribution >= 4 is 6.09 Å². The van der Waals surface area contributed by atoms with Crippen LogP contribution in [0.4, 0.5) is 4.79 Å². The van der Waals surface area contributed by atoms with Crippen LogP contribution in [0.15, 0.2) is 0 Å². The van der Waals surface area contributed by atoms with Gasteiger partial charge >= 0.3 is 6.09 Å². The minimum absolute atomic E-state index is 0.139. The van der Waals surface area contributed by atoms with Crippen molar-refractivity contribution in [1.29, 1.82) is 0 Å². The molecule has 20 heavy (non-hydrogen) atoms. The molecule has 0 bridgehead atoms. The molecule has 2 atom stereocenters. The van der Waals surface area contributed by atoms with Crippen molar-refractivity contribution in [2.24, 2.45) is 0 Å². The Balaban J connectivity index is 1.62. The Labute approximate surface area is 121 Å². The number of hydrogen-bond donors (Lipinski definition) is 0. The van der Waals surface area contributed by atoms with Crippen LogP contribution in [0.25, 0.3) is 0 Å². The lowest BCUT2D eigenvalue weighted by molar-refractivity contribution is -0.00679. The Morgan fingerprint density at radius 3 is 2.95 bits per heavy atom. The first-order chi connectivity index (χ1) is 9.61. The minimum Gasteiger partial charge on any atom is -0.448 e. The maximum absolute atomic E-state index is 11.6. The average Bonchev–Trinajstić information content (AvgIpc) is 3.06. The van der Waals surface area contributed by atoms with E-state index in [1.165, 1.54) is 25.7 Å². The van der Waals surface area contributed by atoms with Crippen LogP contribution < -0.4 is 0 Å². The lowest BCUT2D eigenvalue weighted by Crippen LogP contribution is -2.49. The number of fused-ring (bicyclic) bond motifs is 1. The van der Waals surface area contributed by atoms with E-state index >= 15 is 0 Å². The molecular formula is C15H26N2O3. The second kappa shape index (κ2) is 5.53. The van der Waals surface area contributed by atoms with Crippen molar-refractivity contribution in [3.63, 3.8) is 0 Å². The van der Waals surface area contributed by atoms with Gasteiger partial charge in [0.05, 0.1) is 19.3 Å². The second-order valence-electron chi connectivity index (χ2n) is 6.63. The summed E-state index contributed by atoms with van der Waals surface area (Å²) in [4.78, 5) is 16.1. The van der Waals surface area contributed by atoms with Gasteiger partial charge in [0, 0.05) is 18.1 Å². The smallest absolute Gasteiger partial charge is 0.409 e. The lowest BCUT2D eigenvalue weighted by Gasteiger charge is -2.36. The highest BCUT2D eigenvalue weighted by Gasteiger charge is 2.50. The fourth-order valence-electron chi connectivity index (χ4n) is 3.97. The van der Waals surface area contributed by atoms with E-state index in [4.69, 9.17) is 9.47 Å². The first kappa shape index (κ1) is 14.1. The number of carbonyl (C=O) groups is 1. The van der Waals surface area contributed by atoms with E-state index in [2.05, 4.69) is 18.7 Å². The fourth-order valence-corrected chi connectivity index (χ4v) is 3.97. The molecule has 0 aromatic rings. The van der Waals surface area contributed by atoms with Crippen LogP contribution in [0.1, 0.15) is 39.5 Å². The molecule has 3 saturated heterocycles. The zero-order valence-corrected chi connectivity index (χ0v) is 12.6. The van der Waals surface area contributed by atoms with E-state index in [9.17, 15) is 4.79 Å². The van der Waals surface area contributed by atoms with Gasteiger partial charge in [0.15, 0.2) is 0 Å². The van der Waals surface area contributed by atoms with E-state index in [1.807, 2.05) is 4.90 Å². The highest BCUT2D eigenvalue weighted by atomic mass is 16.6. The van der Waals surface area contributed by atoms with Crippen molar-refractivity contribution in [1.82, 2.24) is 9.80 Å². The maximum atomic E-state index is 11.6. The van der Waals surface area contributed by atoms with Gasteiger partial charge in [-0.25, -0.2) is 4.79 Å². The third kappa shape index (κ3) is 2.53. The summed E-state index contributed by atoms with van der Waals surface area (Å²) in [7, 11) is 0. The molecule has 0 aromatic heterocycles. The van der Waals surface area contributed by atoms with Gasteiger partial charge < -0.3 is 14.4 Å². The molecule has 114 valence electrons. The summed E-state index contributed by atoms with van der Waals surface area (Å²) < 4.78 is 11.0. The van der Waals surface area contributed by atoms with Crippen molar-refractivity contribution in [2.45, 2.75) is 57.2 Å². The standard InChI is InChI=1S/C15H26N2O3/c1-12(2)20-11-15-5-3-7-17(15)13(4-6-15)10-16-8-9-19-14(16)18/h12-13H,3-11H2,1-2H3/t13-,15-/m1/s1. The molecule has 1 amide bonds. The van der Waals surface area contributed by atoms with Gasteiger partial charge in [-0.3, -0.25) is 4.90 Å². The predicted molar refractivity (Wildman–Crippen MR) is 75.7 cm³/mol. The first-order valence-electron chi connectivity index (χ1n) is 7.91. The van der Waals surface area contributed by atoms with Crippen LogP contribution in [0.3, 0.4) is 0 Å². The van der Waals surface area contributed by atoms with Crippen LogP contribution in [-0.2, 0) is 9.47 Å². The lowest BCUT2D eigenvalue weighted by atomic mass is 9.95. The summed E-state index contributed by atoms with van der Waals surface area (Å²) in [5, 5.41) is 0. The molecule has 3 rings (SSSR count). The van der Waals surface area contributed by atoms with Gasteiger partial charge in [-0.2, -0.15) is 0 Å². The Morgan fingerprint density at radius 2 is 2.25 bits per heavy atom. The van der Waals surface area contributed by atoms with Gasteiger partial charge in [0.1, 0.15) is 6.61 Å². The topological polar surface area (TPSA) is 42.0 Å². The van der Waals surface area contributed by atoms with E-state index in [-0.39, 0.29) is 11.6 Å². The molecule has 0 radical (unpaired) electrons. The predicted octanol–water partition coefficient (Wildman–Crippen LogP) is 1.86. The average molecular weight is 282 g/mol. The third-order valence-corrected chi connectivity index (χ3v) is 5.00.